The molecule has 1 saturated heterocycles. The van der Waals surface area contributed by atoms with Gasteiger partial charge >= 0.3 is 0 Å². The van der Waals surface area contributed by atoms with Crippen molar-refractivity contribution < 1.29 is 5.11 Å². The normalized spacial score (nSPS) is 24.3. The summed E-state index contributed by atoms with van der Waals surface area (Å²) in [5.74, 6) is 0.618. The Kier molecular flexibility index (Phi) is 5.25. The topological polar surface area (TPSA) is 35.5 Å². The van der Waals surface area contributed by atoms with E-state index in [1.54, 1.807) is 0 Å². The third-order valence-corrected chi connectivity index (χ3v) is 4.60. The second-order valence-corrected chi connectivity index (χ2v) is 6.42. The first-order valence-corrected chi connectivity index (χ1v) is 7.74. The second-order valence-electron chi connectivity index (χ2n) is 5.56. The Balaban J connectivity index is 2.17. The van der Waals surface area contributed by atoms with Crippen LogP contribution in [0, 0.1) is 12.8 Å². The molecule has 0 saturated carbocycles. The molecule has 0 aliphatic carbocycles. The molecule has 0 amide bonds. The molecule has 3 nitrogen and oxygen atoms in total. The van der Waals surface area contributed by atoms with Gasteiger partial charge in [0, 0.05) is 35.9 Å². The number of rotatable bonds is 3. The SMILES string of the molecule is Cc1cc(N2CC(C)CNC(CCO)C2)ccc1Br. The molecule has 2 atom stereocenters. The summed E-state index contributed by atoms with van der Waals surface area (Å²) >= 11 is 3.55. The second kappa shape index (κ2) is 6.73. The van der Waals surface area contributed by atoms with Gasteiger partial charge in [0.1, 0.15) is 0 Å². The minimum absolute atomic E-state index is 0.249. The van der Waals surface area contributed by atoms with Gasteiger partial charge < -0.3 is 15.3 Å². The molecule has 0 radical (unpaired) electrons. The largest absolute Gasteiger partial charge is 0.396 e. The Hall–Kier alpha value is -0.580. The van der Waals surface area contributed by atoms with E-state index in [9.17, 15) is 0 Å². The highest BCUT2D eigenvalue weighted by molar-refractivity contribution is 9.10. The molecule has 1 heterocycles. The number of aryl methyl sites for hydroxylation is 1. The van der Waals surface area contributed by atoms with Crippen LogP contribution in [0.25, 0.3) is 0 Å². The zero-order chi connectivity index (χ0) is 13.8. The summed E-state index contributed by atoms with van der Waals surface area (Å²) in [4.78, 5) is 2.43. The van der Waals surface area contributed by atoms with E-state index >= 15 is 0 Å². The average molecular weight is 327 g/mol. The van der Waals surface area contributed by atoms with Crippen molar-refractivity contribution in [2.24, 2.45) is 5.92 Å². The van der Waals surface area contributed by atoms with Crippen molar-refractivity contribution in [3.63, 3.8) is 0 Å². The van der Waals surface area contributed by atoms with Gasteiger partial charge in [0.05, 0.1) is 0 Å². The van der Waals surface area contributed by atoms with Crippen molar-refractivity contribution in [2.45, 2.75) is 26.3 Å². The van der Waals surface area contributed by atoms with Crippen molar-refractivity contribution in [1.82, 2.24) is 5.32 Å². The molecule has 1 fully saturated rings. The molecule has 19 heavy (non-hydrogen) atoms. The molecule has 2 N–H and O–H groups in total. The number of aliphatic hydroxyl groups excluding tert-OH is 1. The third-order valence-electron chi connectivity index (χ3n) is 3.71. The van der Waals surface area contributed by atoms with Crippen molar-refractivity contribution in [2.75, 3.05) is 31.1 Å². The van der Waals surface area contributed by atoms with Gasteiger partial charge in [-0.3, -0.25) is 0 Å². The number of aliphatic hydroxyl groups is 1. The van der Waals surface area contributed by atoms with Crippen LogP contribution in [0.4, 0.5) is 5.69 Å². The quantitative estimate of drug-likeness (QED) is 0.896. The van der Waals surface area contributed by atoms with Crippen molar-refractivity contribution in [3.05, 3.63) is 28.2 Å². The van der Waals surface area contributed by atoms with Gasteiger partial charge in [-0.1, -0.05) is 22.9 Å². The van der Waals surface area contributed by atoms with Crippen LogP contribution in [0.3, 0.4) is 0 Å². The molecule has 0 bridgehead atoms. The molecule has 2 unspecified atom stereocenters. The fourth-order valence-electron chi connectivity index (χ4n) is 2.60. The lowest BCUT2D eigenvalue weighted by atomic mass is 10.1. The van der Waals surface area contributed by atoms with Crippen molar-refractivity contribution in [1.29, 1.82) is 0 Å². The van der Waals surface area contributed by atoms with E-state index < -0.39 is 0 Å². The molecule has 106 valence electrons. The van der Waals surface area contributed by atoms with Crippen LogP contribution in [-0.4, -0.2) is 37.4 Å². The van der Waals surface area contributed by atoms with Crippen molar-refractivity contribution >= 4 is 21.6 Å². The van der Waals surface area contributed by atoms with E-state index in [2.05, 4.69) is 58.2 Å². The summed E-state index contributed by atoms with van der Waals surface area (Å²) in [5, 5.41) is 12.7. The summed E-state index contributed by atoms with van der Waals surface area (Å²) < 4.78 is 1.16. The molecular weight excluding hydrogens is 304 g/mol. The zero-order valence-corrected chi connectivity index (χ0v) is 13.3. The number of nitrogens with one attached hydrogen (secondary N) is 1. The highest BCUT2D eigenvalue weighted by Crippen LogP contribution is 2.24. The number of hydrogen-bond acceptors (Lipinski definition) is 3. The van der Waals surface area contributed by atoms with Crippen LogP contribution in [0.2, 0.25) is 0 Å². The van der Waals surface area contributed by atoms with Crippen LogP contribution in [-0.2, 0) is 0 Å². The van der Waals surface area contributed by atoms with Gasteiger partial charge in [0.2, 0.25) is 0 Å². The summed E-state index contributed by atoms with van der Waals surface area (Å²) in [6.45, 7) is 7.70. The number of benzene rings is 1. The highest BCUT2D eigenvalue weighted by Gasteiger charge is 2.21. The molecule has 1 aromatic rings. The third kappa shape index (κ3) is 3.94. The monoisotopic (exact) mass is 326 g/mol. The molecule has 1 aliphatic heterocycles. The van der Waals surface area contributed by atoms with E-state index in [1.807, 2.05) is 0 Å². The lowest BCUT2D eigenvalue weighted by Crippen LogP contribution is -2.38. The Morgan fingerprint density at radius 2 is 2.21 bits per heavy atom. The lowest BCUT2D eigenvalue weighted by molar-refractivity contribution is 0.266. The first-order chi connectivity index (χ1) is 9.10. The predicted molar refractivity (Wildman–Crippen MR) is 83.7 cm³/mol. The lowest BCUT2D eigenvalue weighted by Gasteiger charge is -2.27. The maximum atomic E-state index is 9.15. The van der Waals surface area contributed by atoms with Gasteiger partial charge in [0.25, 0.3) is 0 Å². The predicted octanol–water partition coefficient (Wildman–Crippen LogP) is 2.55. The zero-order valence-electron chi connectivity index (χ0n) is 11.7. The smallest absolute Gasteiger partial charge is 0.0446 e. The standard InChI is InChI=1S/C15H23BrN2O/c1-11-8-17-13(5-6-19)10-18(9-11)14-3-4-15(16)12(2)7-14/h3-4,7,11,13,17,19H,5-6,8-10H2,1-2H3. The van der Waals surface area contributed by atoms with Crippen molar-refractivity contribution in [3.8, 4) is 0 Å². The van der Waals surface area contributed by atoms with Crippen LogP contribution in [0.15, 0.2) is 22.7 Å². The molecule has 0 spiro atoms. The van der Waals surface area contributed by atoms with E-state index in [1.165, 1.54) is 11.3 Å². The Bertz CT molecular complexity index is 425. The Morgan fingerprint density at radius 1 is 1.42 bits per heavy atom. The molecule has 0 aromatic heterocycles. The summed E-state index contributed by atoms with van der Waals surface area (Å²) in [6, 6.07) is 6.90. The summed E-state index contributed by atoms with van der Waals surface area (Å²) in [6.07, 6.45) is 0.818. The number of nitrogens with zero attached hydrogens (tertiary/aromatic N) is 1. The van der Waals surface area contributed by atoms with E-state index in [-0.39, 0.29) is 6.61 Å². The average Bonchev–Trinajstić information content (AvgIpc) is 2.56. The van der Waals surface area contributed by atoms with Crippen LogP contribution < -0.4 is 10.2 Å². The van der Waals surface area contributed by atoms with E-state index in [4.69, 9.17) is 5.11 Å². The Morgan fingerprint density at radius 3 is 2.89 bits per heavy atom. The molecule has 1 aliphatic rings. The van der Waals surface area contributed by atoms with Gasteiger partial charge in [0.15, 0.2) is 0 Å². The van der Waals surface area contributed by atoms with Crippen LogP contribution in [0.5, 0.6) is 0 Å². The van der Waals surface area contributed by atoms with Crippen LogP contribution >= 0.6 is 15.9 Å². The Labute approximate surface area is 124 Å². The molecule has 2 rings (SSSR count). The van der Waals surface area contributed by atoms with E-state index in [0.717, 1.165) is 30.5 Å². The van der Waals surface area contributed by atoms with E-state index in [0.29, 0.717) is 12.0 Å². The maximum absolute atomic E-state index is 9.15. The first-order valence-electron chi connectivity index (χ1n) is 6.95. The first kappa shape index (κ1) is 14.8. The molecule has 4 heteroatoms. The van der Waals surface area contributed by atoms with Gasteiger partial charge in [-0.15, -0.1) is 0 Å². The summed E-state index contributed by atoms with van der Waals surface area (Å²) in [5.41, 5.74) is 2.54. The van der Waals surface area contributed by atoms with Gasteiger partial charge in [-0.25, -0.2) is 0 Å². The number of hydrogen-bond donors (Lipinski definition) is 2. The molecule has 1 aromatic carbocycles. The number of anilines is 1. The fourth-order valence-corrected chi connectivity index (χ4v) is 2.85. The number of halogens is 1. The molecular formula is C15H23BrN2O. The highest BCUT2D eigenvalue weighted by atomic mass is 79.9. The van der Waals surface area contributed by atoms with Gasteiger partial charge in [-0.05, 0) is 49.6 Å². The summed E-state index contributed by atoms with van der Waals surface area (Å²) in [7, 11) is 0. The maximum Gasteiger partial charge on any atom is 0.0446 e. The minimum atomic E-state index is 0.249. The minimum Gasteiger partial charge on any atom is -0.396 e. The van der Waals surface area contributed by atoms with Gasteiger partial charge in [-0.2, -0.15) is 0 Å². The van der Waals surface area contributed by atoms with Crippen LogP contribution in [0.1, 0.15) is 18.9 Å². The fraction of sp³-hybridized carbons (Fsp3) is 0.600.